The molecule has 28 heavy (non-hydrogen) atoms. The van der Waals surface area contributed by atoms with Gasteiger partial charge in [-0.1, -0.05) is 17.7 Å². The third-order valence-corrected chi connectivity index (χ3v) is 4.92. The zero-order valence-corrected chi connectivity index (χ0v) is 16.3. The molecule has 1 unspecified atom stereocenters. The molecule has 0 radical (unpaired) electrons. The Labute approximate surface area is 164 Å². The van der Waals surface area contributed by atoms with Gasteiger partial charge < -0.3 is 10.1 Å². The number of hydrogen-bond donors (Lipinski definition) is 1. The van der Waals surface area contributed by atoms with Crippen LogP contribution in [0.4, 0.5) is 0 Å². The third kappa shape index (κ3) is 3.74. The molecule has 1 amide bonds. The number of nitrogens with one attached hydrogen (secondary N) is 1. The van der Waals surface area contributed by atoms with Crippen LogP contribution in [0.1, 0.15) is 32.9 Å². The number of carbonyl (C=O) groups is 1. The number of aromatic nitrogens is 2. The highest BCUT2D eigenvalue weighted by Gasteiger charge is 2.24. The van der Waals surface area contributed by atoms with Crippen LogP contribution in [0.15, 0.2) is 48.7 Å². The summed E-state index contributed by atoms with van der Waals surface area (Å²) < 4.78 is 6.01. The lowest BCUT2D eigenvalue weighted by atomic mass is 10.0. The van der Waals surface area contributed by atoms with E-state index in [-0.39, 0.29) is 12.0 Å². The molecule has 5 nitrogen and oxygen atoms in total. The lowest BCUT2D eigenvalue weighted by Gasteiger charge is -2.12. The number of aryl methyl sites for hydroxylation is 3. The van der Waals surface area contributed by atoms with Crippen molar-refractivity contribution in [2.75, 3.05) is 6.54 Å². The molecular weight excluding hydrogens is 350 g/mol. The molecule has 3 aromatic rings. The maximum atomic E-state index is 12.4. The zero-order valence-electron chi connectivity index (χ0n) is 16.3. The van der Waals surface area contributed by atoms with E-state index in [1.54, 1.807) is 6.20 Å². The van der Waals surface area contributed by atoms with Crippen molar-refractivity contribution in [1.29, 1.82) is 0 Å². The molecular formula is C23H23N3O2. The van der Waals surface area contributed by atoms with Gasteiger partial charge in [-0.25, -0.2) is 4.98 Å². The van der Waals surface area contributed by atoms with Gasteiger partial charge in [-0.05, 0) is 56.7 Å². The summed E-state index contributed by atoms with van der Waals surface area (Å²) in [5, 5.41) is 2.98. The maximum absolute atomic E-state index is 12.4. The highest BCUT2D eigenvalue weighted by Crippen LogP contribution is 2.33. The Morgan fingerprint density at radius 1 is 1.18 bits per heavy atom. The second-order valence-corrected chi connectivity index (χ2v) is 7.29. The van der Waals surface area contributed by atoms with Gasteiger partial charge in [0.05, 0.1) is 23.6 Å². The average Bonchev–Trinajstić information content (AvgIpc) is 3.10. The van der Waals surface area contributed by atoms with Crippen molar-refractivity contribution in [1.82, 2.24) is 15.3 Å². The molecule has 1 N–H and O–H groups in total. The zero-order chi connectivity index (χ0) is 19.7. The summed E-state index contributed by atoms with van der Waals surface area (Å²) in [5.41, 5.74) is 6.63. The van der Waals surface area contributed by atoms with Crippen molar-refractivity contribution >= 4 is 5.91 Å². The van der Waals surface area contributed by atoms with Crippen LogP contribution in [0.5, 0.6) is 5.75 Å². The minimum atomic E-state index is -0.0744. The molecule has 0 aliphatic carbocycles. The van der Waals surface area contributed by atoms with Gasteiger partial charge in [-0.2, -0.15) is 0 Å². The van der Waals surface area contributed by atoms with Crippen LogP contribution in [-0.4, -0.2) is 28.5 Å². The number of hydrogen-bond acceptors (Lipinski definition) is 4. The quantitative estimate of drug-likeness (QED) is 0.755. The molecule has 0 saturated carbocycles. The summed E-state index contributed by atoms with van der Waals surface area (Å²) in [5.74, 6) is 0.798. The van der Waals surface area contributed by atoms with Crippen LogP contribution >= 0.6 is 0 Å². The lowest BCUT2D eigenvalue weighted by Crippen LogP contribution is -2.34. The summed E-state index contributed by atoms with van der Waals surface area (Å²) in [6, 6.07) is 13.7. The predicted octanol–water partition coefficient (Wildman–Crippen LogP) is 3.80. The fourth-order valence-corrected chi connectivity index (χ4v) is 3.49. The van der Waals surface area contributed by atoms with Crippen LogP contribution in [0.2, 0.25) is 0 Å². The van der Waals surface area contributed by atoms with Crippen LogP contribution < -0.4 is 10.1 Å². The van der Waals surface area contributed by atoms with Crippen molar-refractivity contribution in [2.24, 2.45) is 0 Å². The van der Waals surface area contributed by atoms with E-state index in [2.05, 4.69) is 21.4 Å². The number of rotatable bonds is 4. The molecule has 0 fully saturated rings. The molecule has 2 aromatic carbocycles. The standard InChI is InChI=1S/C23H23N3O2/c1-14-5-4-6-18(9-14)23(27)25-13-20-11-19-10-17(7-8-21(19)28-20)22-16(3)24-12-15(2)26-22/h4-10,12,20H,11,13H2,1-3H3,(H,25,27). The van der Waals surface area contributed by atoms with Crippen molar-refractivity contribution in [3.63, 3.8) is 0 Å². The number of nitrogens with zero attached hydrogens (tertiary/aromatic N) is 2. The highest BCUT2D eigenvalue weighted by molar-refractivity contribution is 5.94. The molecule has 4 rings (SSSR count). The van der Waals surface area contributed by atoms with E-state index in [4.69, 9.17) is 4.74 Å². The van der Waals surface area contributed by atoms with Crippen LogP contribution in [0.3, 0.4) is 0 Å². The Morgan fingerprint density at radius 3 is 2.86 bits per heavy atom. The Morgan fingerprint density at radius 2 is 2.04 bits per heavy atom. The van der Waals surface area contributed by atoms with E-state index in [1.165, 1.54) is 0 Å². The topological polar surface area (TPSA) is 64.1 Å². The molecule has 0 saturated heterocycles. The molecule has 1 aliphatic rings. The first-order chi connectivity index (χ1) is 13.5. The van der Waals surface area contributed by atoms with E-state index in [0.717, 1.165) is 45.9 Å². The largest absolute Gasteiger partial charge is 0.488 e. The van der Waals surface area contributed by atoms with E-state index >= 15 is 0 Å². The Bertz CT molecular complexity index is 1050. The minimum absolute atomic E-state index is 0.0660. The second kappa shape index (κ2) is 7.43. The fourth-order valence-electron chi connectivity index (χ4n) is 3.49. The van der Waals surface area contributed by atoms with Gasteiger partial charge in [0.2, 0.25) is 0 Å². The summed E-state index contributed by atoms with van der Waals surface area (Å²) in [7, 11) is 0. The average molecular weight is 373 g/mol. The molecule has 1 atom stereocenters. The summed E-state index contributed by atoms with van der Waals surface area (Å²) >= 11 is 0. The molecule has 0 bridgehead atoms. The Kier molecular flexibility index (Phi) is 4.82. The minimum Gasteiger partial charge on any atom is -0.488 e. The number of ether oxygens (including phenoxy) is 1. The van der Waals surface area contributed by atoms with Crippen LogP contribution in [-0.2, 0) is 6.42 Å². The molecule has 1 aromatic heterocycles. The van der Waals surface area contributed by atoms with Crippen molar-refractivity contribution in [2.45, 2.75) is 33.3 Å². The fraction of sp³-hybridized carbons (Fsp3) is 0.261. The van der Waals surface area contributed by atoms with E-state index in [1.807, 2.05) is 57.2 Å². The molecule has 5 heteroatoms. The molecule has 0 spiro atoms. The summed E-state index contributed by atoms with van der Waals surface area (Å²) in [4.78, 5) is 21.4. The van der Waals surface area contributed by atoms with Crippen molar-refractivity contribution in [3.8, 4) is 17.0 Å². The summed E-state index contributed by atoms with van der Waals surface area (Å²) in [6.45, 7) is 6.36. The van der Waals surface area contributed by atoms with Gasteiger partial charge in [-0.3, -0.25) is 9.78 Å². The second-order valence-electron chi connectivity index (χ2n) is 7.29. The molecule has 2 heterocycles. The van der Waals surface area contributed by atoms with Gasteiger partial charge >= 0.3 is 0 Å². The van der Waals surface area contributed by atoms with Gasteiger partial charge in [0, 0.05) is 23.7 Å². The van der Waals surface area contributed by atoms with Gasteiger partial charge in [0.25, 0.3) is 5.91 Å². The van der Waals surface area contributed by atoms with Crippen LogP contribution in [0, 0.1) is 20.8 Å². The van der Waals surface area contributed by atoms with E-state index in [9.17, 15) is 4.79 Å². The normalized spacial score (nSPS) is 15.0. The SMILES string of the molecule is Cc1cccc(C(=O)NCC2Cc3cc(-c4nc(C)cnc4C)ccc3O2)c1. The molecule has 142 valence electrons. The smallest absolute Gasteiger partial charge is 0.251 e. The van der Waals surface area contributed by atoms with E-state index in [0.29, 0.717) is 12.1 Å². The Balaban J connectivity index is 1.44. The first-order valence-electron chi connectivity index (χ1n) is 9.44. The number of benzene rings is 2. The monoisotopic (exact) mass is 373 g/mol. The van der Waals surface area contributed by atoms with Gasteiger partial charge in [0.1, 0.15) is 11.9 Å². The van der Waals surface area contributed by atoms with E-state index < -0.39 is 0 Å². The van der Waals surface area contributed by atoms with Crippen molar-refractivity contribution < 1.29 is 9.53 Å². The van der Waals surface area contributed by atoms with Crippen molar-refractivity contribution in [3.05, 3.63) is 76.7 Å². The lowest BCUT2D eigenvalue weighted by molar-refractivity contribution is 0.0933. The highest BCUT2D eigenvalue weighted by atomic mass is 16.5. The summed E-state index contributed by atoms with van der Waals surface area (Å²) in [6.07, 6.45) is 2.47. The maximum Gasteiger partial charge on any atom is 0.251 e. The third-order valence-electron chi connectivity index (χ3n) is 4.92. The number of fused-ring (bicyclic) bond motifs is 1. The van der Waals surface area contributed by atoms with Gasteiger partial charge in [0.15, 0.2) is 0 Å². The van der Waals surface area contributed by atoms with Gasteiger partial charge in [-0.15, -0.1) is 0 Å². The molecule has 1 aliphatic heterocycles. The van der Waals surface area contributed by atoms with Crippen LogP contribution in [0.25, 0.3) is 11.3 Å². The first kappa shape index (κ1) is 18.2. The predicted molar refractivity (Wildman–Crippen MR) is 109 cm³/mol. The number of carbonyl (C=O) groups excluding carboxylic acids is 1. The first-order valence-corrected chi connectivity index (χ1v) is 9.44. The Hall–Kier alpha value is -3.21. The number of amides is 1.